The molecular formula is C9H6FN5O4. The lowest BCUT2D eigenvalue weighted by molar-refractivity contribution is -0.384. The molecule has 0 aliphatic rings. The molecule has 0 fully saturated rings. The van der Waals surface area contributed by atoms with Crippen LogP contribution in [-0.4, -0.2) is 21.1 Å². The second-order valence-corrected chi connectivity index (χ2v) is 3.34. The molecule has 0 atom stereocenters. The number of nitro benzene ring substituents is 1. The van der Waals surface area contributed by atoms with Crippen molar-refractivity contribution in [2.75, 3.05) is 11.1 Å². The first-order chi connectivity index (χ1) is 9.00. The Kier molecular flexibility index (Phi) is 3.06. The topological polar surface area (TPSA) is 137 Å². The summed E-state index contributed by atoms with van der Waals surface area (Å²) in [4.78, 5) is 21.6. The number of nitrogen functional groups attached to an aromatic ring is 1. The summed E-state index contributed by atoms with van der Waals surface area (Å²) in [6.07, 6.45) is 0. The molecule has 0 spiro atoms. The highest BCUT2D eigenvalue weighted by Gasteiger charge is 2.23. The third-order valence-corrected chi connectivity index (χ3v) is 2.16. The number of carbonyl (C=O) groups excluding carboxylic acids is 1. The Labute approximate surface area is 104 Å². The van der Waals surface area contributed by atoms with Gasteiger partial charge in [0.1, 0.15) is 0 Å². The average molecular weight is 267 g/mol. The molecule has 1 amide bonds. The number of aromatic nitrogens is 2. The first kappa shape index (κ1) is 12.4. The molecule has 98 valence electrons. The van der Waals surface area contributed by atoms with Gasteiger partial charge in [-0.3, -0.25) is 14.9 Å². The zero-order chi connectivity index (χ0) is 14.0. The van der Waals surface area contributed by atoms with Gasteiger partial charge < -0.3 is 11.1 Å². The zero-order valence-corrected chi connectivity index (χ0v) is 9.16. The predicted octanol–water partition coefficient (Wildman–Crippen LogP) is 0.951. The van der Waals surface area contributed by atoms with E-state index in [0.29, 0.717) is 0 Å². The van der Waals surface area contributed by atoms with Crippen molar-refractivity contribution in [3.8, 4) is 0 Å². The summed E-state index contributed by atoms with van der Waals surface area (Å²) in [6, 6.07) is 3.16. The molecule has 2 aromatic rings. The van der Waals surface area contributed by atoms with E-state index in [1.54, 1.807) is 0 Å². The van der Waals surface area contributed by atoms with E-state index >= 15 is 0 Å². The van der Waals surface area contributed by atoms with Crippen molar-refractivity contribution in [1.82, 2.24) is 10.3 Å². The second kappa shape index (κ2) is 4.68. The molecule has 0 radical (unpaired) electrons. The summed E-state index contributed by atoms with van der Waals surface area (Å²) < 4.78 is 17.7. The van der Waals surface area contributed by atoms with Gasteiger partial charge >= 0.3 is 0 Å². The van der Waals surface area contributed by atoms with Crippen molar-refractivity contribution in [3.05, 3.63) is 39.8 Å². The van der Waals surface area contributed by atoms with Crippen LogP contribution in [0, 0.1) is 15.9 Å². The fraction of sp³-hybridized carbons (Fsp3) is 0. The number of nitrogens with two attached hydrogens (primary N) is 1. The maximum atomic E-state index is 13.5. The van der Waals surface area contributed by atoms with E-state index in [1.165, 1.54) is 0 Å². The lowest BCUT2D eigenvalue weighted by Crippen LogP contribution is -2.16. The van der Waals surface area contributed by atoms with Gasteiger partial charge in [0.25, 0.3) is 11.6 Å². The average Bonchev–Trinajstić information content (AvgIpc) is 2.77. The summed E-state index contributed by atoms with van der Waals surface area (Å²) in [5.74, 6) is -2.24. The molecule has 0 saturated carbocycles. The number of carbonyl (C=O) groups is 1. The van der Waals surface area contributed by atoms with Gasteiger partial charge in [0, 0.05) is 6.07 Å². The van der Waals surface area contributed by atoms with Crippen LogP contribution in [-0.2, 0) is 0 Å². The number of nitro groups is 1. The number of para-hydroxylation sites is 1. The number of benzene rings is 1. The normalized spacial score (nSPS) is 10.2. The Hall–Kier alpha value is -3.04. The number of amides is 1. The summed E-state index contributed by atoms with van der Waals surface area (Å²) in [6.45, 7) is 0. The second-order valence-electron chi connectivity index (χ2n) is 3.34. The van der Waals surface area contributed by atoms with Crippen LogP contribution in [0.1, 0.15) is 10.5 Å². The van der Waals surface area contributed by atoms with Crippen LogP contribution in [0.2, 0.25) is 0 Å². The van der Waals surface area contributed by atoms with E-state index < -0.39 is 33.7 Å². The smallest absolute Gasteiger partial charge is 0.295 e. The number of hydrogen-bond donors (Lipinski definition) is 2. The Morgan fingerprint density at radius 3 is 2.79 bits per heavy atom. The van der Waals surface area contributed by atoms with E-state index in [4.69, 9.17) is 5.73 Å². The van der Waals surface area contributed by atoms with Crippen molar-refractivity contribution in [2.24, 2.45) is 0 Å². The summed E-state index contributed by atoms with van der Waals surface area (Å²) in [5.41, 5.74) is 3.71. The fourth-order valence-electron chi connectivity index (χ4n) is 1.31. The van der Waals surface area contributed by atoms with Crippen molar-refractivity contribution < 1.29 is 18.7 Å². The maximum absolute atomic E-state index is 13.5. The molecule has 0 saturated heterocycles. The minimum atomic E-state index is -0.966. The van der Waals surface area contributed by atoms with Gasteiger partial charge in [0.05, 0.1) is 4.92 Å². The highest BCUT2D eigenvalue weighted by Crippen LogP contribution is 2.27. The number of halogens is 1. The molecule has 1 aromatic carbocycles. The summed E-state index contributed by atoms with van der Waals surface area (Å²) >= 11 is 0. The molecule has 0 aliphatic carbocycles. The lowest BCUT2D eigenvalue weighted by atomic mass is 10.2. The predicted molar refractivity (Wildman–Crippen MR) is 59.7 cm³/mol. The maximum Gasteiger partial charge on any atom is 0.295 e. The van der Waals surface area contributed by atoms with Crippen molar-refractivity contribution in [3.63, 3.8) is 0 Å². The molecular weight excluding hydrogens is 261 g/mol. The molecule has 10 heteroatoms. The van der Waals surface area contributed by atoms with Crippen LogP contribution in [0.3, 0.4) is 0 Å². The molecule has 19 heavy (non-hydrogen) atoms. The van der Waals surface area contributed by atoms with E-state index in [-0.39, 0.29) is 5.82 Å². The highest BCUT2D eigenvalue weighted by atomic mass is 19.1. The van der Waals surface area contributed by atoms with E-state index in [0.717, 1.165) is 18.2 Å². The van der Waals surface area contributed by atoms with Crippen molar-refractivity contribution in [1.29, 1.82) is 0 Å². The molecule has 2 rings (SSSR count). The first-order valence-corrected chi connectivity index (χ1v) is 4.83. The van der Waals surface area contributed by atoms with Crippen LogP contribution in [0.4, 0.5) is 21.6 Å². The highest BCUT2D eigenvalue weighted by molar-refractivity contribution is 6.06. The molecule has 0 aliphatic heterocycles. The molecule has 1 heterocycles. The fourth-order valence-corrected chi connectivity index (χ4v) is 1.31. The van der Waals surface area contributed by atoms with Gasteiger partial charge in [-0.2, -0.15) is 0 Å². The van der Waals surface area contributed by atoms with Gasteiger partial charge in [0.2, 0.25) is 11.5 Å². The Bertz CT molecular complexity index is 656. The van der Waals surface area contributed by atoms with E-state index in [2.05, 4.69) is 14.9 Å². The monoisotopic (exact) mass is 267 g/mol. The molecule has 9 nitrogen and oxygen atoms in total. The quantitative estimate of drug-likeness (QED) is 0.623. The zero-order valence-electron chi connectivity index (χ0n) is 9.16. The standard InChI is InChI=1S/C9H6FN5O4/c10-4-2-1-3-5(15(17)18)6(4)12-9(16)7-8(11)14-19-13-7/h1-3H,(H2,11,14)(H,12,16). The minimum Gasteiger partial charge on any atom is -0.379 e. The summed E-state index contributed by atoms with van der Waals surface area (Å²) in [5, 5.41) is 19.1. The van der Waals surface area contributed by atoms with E-state index in [1.807, 2.05) is 5.32 Å². The summed E-state index contributed by atoms with van der Waals surface area (Å²) in [7, 11) is 0. The third-order valence-electron chi connectivity index (χ3n) is 2.16. The van der Waals surface area contributed by atoms with Crippen molar-refractivity contribution >= 4 is 23.1 Å². The van der Waals surface area contributed by atoms with Gasteiger partial charge in [-0.05, 0) is 16.4 Å². The Morgan fingerprint density at radius 2 is 2.21 bits per heavy atom. The van der Waals surface area contributed by atoms with Crippen LogP contribution in [0.15, 0.2) is 22.8 Å². The first-order valence-electron chi connectivity index (χ1n) is 4.83. The van der Waals surface area contributed by atoms with Gasteiger partial charge in [-0.25, -0.2) is 9.02 Å². The van der Waals surface area contributed by atoms with Gasteiger partial charge in [-0.15, -0.1) is 0 Å². The van der Waals surface area contributed by atoms with Crippen LogP contribution >= 0.6 is 0 Å². The SMILES string of the molecule is Nc1nonc1C(=O)Nc1c(F)cccc1[N+](=O)[O-]. The number of nitrogens with zero attached hydrogens (tertiary/aromatic N) is 3. The van der Waals surface area contributed by atoms with Crippen LogP contribution in [0.25, 0.3) is 0 Å². The number of hydrogen-bond acceptors (Lipinski definition) is 7. The van der Waals surface area contributed by atoms with Crippen molar-refractivity contribution in [2.45, 2.75) is 0 Å². The van der Waals surface area contributed by atoms with Crippen LogP contribution in [0.5, 0.6) is 0 Å². The lowest BCUT2D eigenvalue weighted by Gasteiger charge is -2.05. The van der Waals surface area contributed by atoms with Gasteiger partial charge in [0.15, 0.2) is 11.5 Å². The van der Waals surface area contributed by atoms with E-state index in [9.17, 15) is 19.3 Å². The molecule has 3 N–H and O–H groups in total. The third kappa shape index (κ3) is 2.31. The Morgan fingerprint density at radius 1 is 1.47 bits per heavy atom. The number of nitrogens with one attached hydrogen (secondary N) is 1. The van der Waals surface area contributed by atoms with Gasteiger partial charge in [-0.1, -0.05) is 6.07 Å². The Balaban J connectivity index is 2.36. The molecule has 1 aromatic heterocycles. The molecule has 0 bridgehead atoms. The number of anilines is 2. The number of rotatable bonds is 3. The molecule has 0 unspecified atom stereocenters. The van der Waals surface area contributed by atoms with Crippen LogP contribution < -0.4 is 11.1 Å². The minimum absolute atomic E-state index is 0.309. The largest absolute Gasteiger partial charge is 0.379 e.